The lowest BCUT2D eigenvalue weighted by atomic mass is 9.85. The number of hydrogen-bond donors (Lipinski definition) is 1. The second-order valence-electron chi connectivity index (χ2n) is 11.7. The summed E-state index contributed by atoms with van der Waals surface area (Å²) >= 11 is 0. The monoisotopic (exact) mass is 481 g/mol. The van der Waals surface area contributed by atoms with Crippen molar-refractivity contribution in [2.75, 3.05) is 0 Å². The van der Waals surface area contributed by atoms with Crippen LogP contribution in [0.15, 0.2) is 54.7 Å². The van der Waals surface area contributed by atoms with Gasteiger partial charge in [0.15, 0.2) is 0 Å². The highest BCUT2D eigenvalue weighted by molar-refractivity contribution is 6.08. The van der Waals surface area contributed by atoms with Gasteiger partial charge in [-0.25, -0.2) is 9.78 Å². The highest BCUT2D eigenvalue weighted by Gasteiger charge is 2.47. The van der Waals surface area contributed by atoms with Crippen LogP contribution in [0, 0.1) is 12.8 Å². The molecule has 1 aliphatic heterocycles. The molecule has 1 aromatic heterocycles. The Morgan fingerprint density at radius 1 is 1.00 bits per heavy atom. The number of aromatic amines is 1. The summed E-state index contributed by atoms with van der Waals surface area (Å²) in [5.41, 5.74) is 2.84. The van der Waals surface area contributed by atoms with E-state index < -0.39 is 5.60 Å². The minimum atomic E-state index is -0.517. The van der Waals surface area contributed by atoms with Crippen molar-refractivity contribution in [1.82, 2.24) is 14.9 Å². The molecule has 1 saturated carbocycles. The molecule has 3 aromatic carbocycles. The van der Waals surface area contributed by atoms with E-state index in [1.165, 1.54) is 46.4 Å². The molecule has 6 rings (SSSR count). The highest BCUT2D eigenvalue weighted by Crippen LogP contribution is 2.46. The lowest BCUT2D eigenvalue weighted by molar-refractivity contribution is 0.00951. The number of H-pyrrole nitrogens is 1. The van der Waals surface area contributed by atoms with Gasteiger partial charge in [-0.15, -0.1) is 0 Å². The van der Waals surface area contributed by atoms with E-state index >= 15 is 0 Å². The molecule has 1 N–H and O–H groups in total. The Morgan fingerprint density at radius 2 is 1.72 bits per heavy atom. The number of aromatic nitrogens is 2. The second-order valence-corrected chi connectivity index (χ2v) is 11.7. The smallest absolute Gasteiger partial charge is 0.411 e. The number of rotatable bonds is 2. The van der Waals surface area contributed by atoms with Crippen LogP contribution in [0.2, 0.25) is 0 Å². The first-order valence-corrected chi connectivity index (χ1v) is 13.3. The largest absolute Gasteiger partial charge is 0.444 e. The van der Waals surface area contributed by atoms with Crippen molar-refractivity contribution in [3.8, 4) is 11.3 Å². The minimum absolute atomic E-state index is 0.0747. The number of hydrogen-bond acceptors (Lipinski definition) is 3. The normalized spacial score (nSPS) is 22.2. The van der Waals surface area contributed by atoms with Gasteiger partial charge in [0, 0.05) is 11.6 Å². The van der Waals surface area contributed by atoms with Crippen LogP contribution < -0.4 is 0 Å². The third-order valence-corrected chi connectivity index (χ3v) is 7.91. The van der Waals surface area contributed by atoms with Gasteiger partial charge in [0.1, 0.15) is 11.4 Å². The number of carbonyl (C=O) groups excluding carboxylic acids is 1. The zero-order valence-electron chi connectivity index (χ0n) is 21.7. The summed E-state index contributed by atoms with van der Waals surface area (Å²) in [5.74, 6) is 1.38. The predicted octanol–water partition coefficient (Wildman–Crippen LogP) is 7.93. The van der Waals surface area contributed by atoms with E-state index in [2.05, 4.69) is 60.4 Å². The number of fused-ring (bicyclic) bond motifs is 4. The van der Waals surface area contributed by atoms with Crippen LogP contribution in [0.3, 0.4) is 0 Å². The maximum absolute atomic E-state index is 13.3. The molecule has 5 heteroatoms. The van der Waals surface area contributed by atoms with E-state index in [0.717, 1.165) is 29.9 Å². The lowest BCUT2D eigenvalue weighted by Crippen LogP contribution is -2.43. The van der Waals surface area contributed by atoms with Crippen LogP contribution in [-0.4, -0.2) is 32.6 Å². The highest BCUT2D eigenvalue weighted by atomic mass is 16.6. The molecule has 36 heavy (non-hydrogen) atoms. The number of carbonyl (C=O) groups is 1. The number of likely N-dealkylation sites (tertiary alicyclic amines) is 1. The summed E-state index contributed by atoms with van der Waals surface area (Å²) in [4.78, 5) is 23.7. The molecule has 5 nitrogen and oxygen atoms in total. The van der Waals surface area contributed by atoms with Gasteiger partial charge in [0.05, 0.1) is 17.9 Å². The second kappa shape index (κ2) is 8.65. The average Bonchev–Trinajstić information content (AvgIpc) is 3.47. The van der Waals surface area contributed by atoms with Gasteiger partial charge in [-0.05, 0) is 80.5 Å². The van der Waals surface area contributed by atoms with Crippen molar-refractivity contribution in [3.63, 3.8) is 0 Å². The summed E-state index contributed by atoms with van der Waals surface area (Å²) in [6.45, 7) is 7.93. The number of benzene rings is 3. The SMILES string of the molecule is Cc1ccc2c(ccc3cc(-c4cnc([C@@H]5C[C@@H]6CCCC[C@@H]6N5C(=O)OC(C)(C)C)[nH]4)ccc32)c1. The van der Waals surface area contributed by atoms with Gasteiger partial charge in [-0.3, -0.25) is 4.90 Å². The molecule has 1 saturated heterocycles. The standard InChI is InChI=1S/C31H35N3O2/c1-19-9-13-24-20(15-19)10-11-21-16-22(12-14-25(21)24)26-18-32-29(33-26)28-17-23-7-5-6-8-27(23)34(28)30(35)36-31(2,3)4/h9-16,18,23,27-28H,5-8,17H2,1-4H3,(H,32,33)/t23-,27-,28-/m0/s1. The topological polar surface area (TPSA) is 58.2 Å². The third kappa shape index (κ3) is 4.15. The molecule has 1 aliphatic carbocycles. The summed E-state index contributed by atoms with van der Waals surface area (Å²) in [6.07, 6.45) is 7.27. The van der Waals surface area contributed by atoms with Gasteiger partial charge in [0.2, 0.25) is 0 Å². The van der Waals surface area contributed by atoms with E-state index in [4.69, 9.17) is 9.72 Å². The fraction of sp³-hybridized carbons (Fsp3) is 0.419. The first-order chi connectivity index (χ1) is 17.3. The average molecular weight is 482 g/mol. The van der Waals surface area contributed by atoms with Crippen molar-refractivity contribution in [3.05, 3.63) is 66.1 Å². The number of nitrogens with zero attached hydrogens (tertiary/aromatic N) is 2. The van der Waals surface area contributed by atoms with E-state index in [1.807, 2.05) is 31.9 Å². The number of imidazole rings is 1. The Balaban J connectivity index is 1.33. The Bertz CT molecular complexity index is 1450. The van der Waals surface area contributed by atoms with Crippen LogP contribution in [0.25, 0.3) is 32.8 Å². The number of amides is 1. The summed E-state index contributed by atoms with van der Waals surface area (Å²) < 4.78 is 5.85. The quantitative estimate of drug-likeness (QED) is 0.296. The fourth-order valence-corrected chi connectivity index (χ4v) is 6.29. The summed E-state index contributed by atoms with van der Waals surface area (Å²) in [7, 11) is 0. The van der Waals surface area contributed by atoms with E-state index in [-0.39, 0.29) is 18.2 Å². The molecule has 186 valence electrons. The fourth-order valence-electron chi connectivity index (χ4n) is 6.29. The van der Waals surface area contributed by atoms with Crippen molar-refractivity contribution < 1.29 is 9.53 Å². The van der Waals surface area contributed by atoms with Crippen molar-refractivity contribution in [2.45, 2.75) is 77.5 Å². The van der Waals surface area contributed by atoms with Crippen LogP contribution in [0.4, 0.5) is 4.79 Å². The molecular weight excluding hydrogens is 446 g/mol. The Kier molecular flexibility index (Phi) is 5.55. The molecule has 2 heterocycles. The number of ether oxygens (including phenoxy) is 1. The molecule has 2 aliphatic rings. The van der Waals surface area contributed by atoms with Crippen molar-refractivity contribution in [2.24, 2.45) is 5.92 Å². The van der Waals surface area contributed by atoms with Gasteiger partial charge in [-0.1, -0.05) is 60.9 Å². The first kappa shape index (κ1) is 23.1. The first-order valence-electron chi connectivity index (χ1n) is 13.3. The molecule has 0 unspecified atom stereocenters. The zero-order valence-corrected chi connectivity index (χ0v) is 21.7. The molecule has 4 aromatic rings. The maximum Gasteiger partial charge on any atom is 0.411 e. The number of aryl methyl sites for hydroxylation is 1. The van der Waals surface area contributed by atoms with Crippen molar-refractivity contribution in [1.29, 1.82) is 0 Å². The van der Waals surface area contributed by atoms with Gasteiger partial charge >= 0.3 is 6.09 Å². The Labute approximate surface area is 212 Å². The molecule has 0 radical (unpaired) electrons. The Morgan fingerprint density at radius 3 is 2.50 bits per heavy atom. The van der Waals surface area contributed by atoms with Gasteiger partial charge in [0.25, 0.3) is 0 Å². The van der Waals surface area contributed by atoms with Gasteiger partial charge in [-0.2, -0.15) is 0 Å². The zero-order chi connectivity index (χ0) is 25.0. The molecule has 0 spiro atoms. The van der Waals surface area contributed by atoms with E-state index in [0.29, 0.717) is 5.92 Å². The minimum Gasteiger partial charge on any atom is -0.444 e. The van der Waals surface area contributed by atoms with Crippen LogP contribution in [-0.2, 0) is 4.74 Å². The van der Waals surface area contributed by atoms with Gasteiger partial charge < -0.3 is 9.72 Å². The summed E-state index contributed by atoms with van der Waals surface area (Å²) in [6, 6.07) is 17.8. The molecule has 0 bridgehead atoms. The third-order valence-electron chi connectivity index (χ3n) is 7.91. The molecular formula is C31H35N3O2. The van der Waals surface area contributed by atoms with E-state index in [1.54, 1.807) is 0 Å². The van der Waals surface area contributed by atoms with E-state index in [9.17, 15) is 4.79 Å². The summed E-state index contributed by atoms with van der Waals surface area (Å²) in [5, 5.41) is 5.01. The molecule has 3 atom stereocenters. The molecule has 2 fully saturated rings. The van der Waals surface area contributed by atoms with Crippen molar-refractivity contribution >= 4 is 27.6 Å². The number of nitrogens with one attached hydrogen (secondary N) is 1. The Hall–Kier alpha value is -3.34. The molecule has 1 amide bonds. The maximum atomic E-state index is 13.3. The van der Waals surface area contributed by atoms with Crippen LogP contribution in [0.1, 0.15) is 70.3 Å². The van der Waals surface area contributed by atoms with Crippen LogP contribution >= 0.6 is 0 Å². The lowest BCUT2D eigenvalue weighted by Gasteiger charge is -2.34. The predicted molar refractivity (Wildman–Crippen MR) is 145 cm³/mol. The van der Waals surface area contributed by atoms with Crippen LogP contribution in [0.5, 0.6) is 0 Å².